The van der Waals surface area contributed by atoms with Gasteiger partial charge in [-0.05, 0) is 52.4 Å². The van der Waals surface area contributed by atoms with Gasteiger partial charge < -0.3 is 25.0 Å². The Labute approximate surface area is 165 Å². The minimum atomic E-state index is -2.03. The van der Waals surface area contributed by atoms with Crippen LogP contribution < -0.4 is 11.1 Å². The Kier molecular flexibility index (Phi) is 10.00. The highest BCUT2D eigenvalue weighted by Crippen LogP contribution is 2.36. The van der Waals surface area contributed by atoms with Crippen molar-refractivity contribution in [2.24, 2.45) is 11.7 Å². The van der Waals surface area contributed by atoms with E-state index in [1.807, 2.05) is 0 Å². The fourth-order valence-electron chi connectivity index (χ4n) is 2.09. The zero-order valence-electron chi connectivity index (χ0n) is 18.6. The molecule has 0 spiro atoms. The molecule has 160 valence electrons. The van der Waals surface area contributed by atoms with Crippen LogP contribution >= 0.6 is 0 Å². The van der Waals surface area contributed by atoms with Gasteiger partial charge in [0.15, 0.2) is 8.32 Å². The van der Waals surface area contributed by atoms with Gasteiger partial charge in [0.1, 0.15) is 5.60 Å². The molecule has 1 unspecified atom stereocenters. The summed E-state index contributed by atoms with van der Waals surface area (Å²) in [4.78, 5) is 24.2. The lowest BCUT2D eigenvalue weighted by molar-refractivity contribution is -0.144. The lowest BCUT2D eigenvalue weighted by Crippen LogP contribution is -2.51. The van der Waals surface area contributed by atoms with E-state index in [1.54, 1.807) is 27.7 Å². The van der Waals surface area contributed by atoms with Gasteiger partial charge in [-0.15, -0.1) is 0 Å². The predicted octanol–water partition coefficient (Wildman–Crippen LogP) is 3.43. The van der Waals surface area contributed by atoms with E-state index >= 15 is 0 Å². The van der Waals surface area contributed by atoms with E-state index < -0.39 is 26.1 Å². The Balaban J connectivity index is 5.28. The number of nitrogens with one attached hydrogen (secondary N) is 1. The van der Waals surface area contributed by atoms with Crippen LogP contribution in [0, 0.1) is 5.92 Å². The van der Waals surface area contributed by atoms with E-state index in [9.17, 15) is 9.59 Å². The third kappa shape index (κ3) is 10.1. The largest absolute Gasteiger partial charge is 0.466 e. The number of carbonyl (C=O) groups excluding carboxylic acids is 2. The number of alkyl carbamates (subject to hydrolysis) is 1. The van der Waals surface area contributed by atoms with E-state index in [0.717, 1.165) is 0 Å². The maximum Gasteiger partial charge on any atom is 0.407 e. The first kappa shape index (κ1) is 25.9. The molecule has 0 rings (SSSR count). The minimum absolute atomic E-state index is 0.0306. The molecule has 2 atom stereocenters. The quantitative estimate of drug-likeness (QED) is 0.451. The highest BCUT2D eigenvalue weighted by atomic mass is 28.4. The summed E-state index contributed by atoms with van der Waals surface area (Å²) in [5.74, 6) is -0.641. The topological polar surface area (TPSA) is 99.9 Å². The molecule has 0 heterocycles. The second-order valence-corrected chi connectivity index (χ2v) is 14.1. The number of amides is 1. The van der Waals surface area contributed by atoms with Gasteiger partial charge in [-0.25, -0.2) is 4.79 Å². The van der Waals surface area contributed by atoms with Crippen molar-refractivity contribution in [2.75, 3.05) is 19.8 Å². The molecule has 0 aromatic carbocycles. The normalized spacial score (nSPS) is 15.0. The Bertz CT molecular complexity index is 483. The van der Waals surface area contributed by atoms with Crippen LogP contribution in [0.1, 0.15) is 54.9 Å². The smallest absolute Gasteiger partial charge is 0.407 e. The van der Waals surface area contributed by atoms with E-state index in [-0.39, 0.29) is 36.5 Å². The molecule has 0 radical (unpaired) electrons. The molecule has 0 saturated heterocycles. The summed E-state index contributed by atoms with van der Waals surface area (Å²) in [6, 6.07) is -0.441. The van der Waals surface area contributed by atoms with Crippen LogP contribution in [0.15, 0.2) is 0 Å². The Hall–Kier alpha value is -1.12. The van der Waals surface area contributed by atoms with Gasteiger partial charge in [-0.3, -0.25) is 4.79 Å². The zero-order chi connectivity index (χ0) is 21.5. The maximum atomic E-state index is 12.3. The lowest BCUT2D eigenvalue weighted by atomic mass is 9.97. The summed E-state index contributed by atoms with van der Waals surface area (Å²) in [7, 11) is -2.03. The first-order chi connectivity index (χ1) is 12.1. The van der Waals surface area contributed by atoms with Gasteiger partial charge in [-0.2, -0.15) is 0 Å². The monoisotopic (exact) mass is 404 g/mol. The summed E-state index contributed by atoms with van der Waals surface area (Å²) in [5, 5.41) is 2.87. The lowest BCUT2D eigenvalue weighted by Gasteiger charge is -2.38. The van der Waals surface area contributed by atoms with Crippen molar-refractivity contribution in [3.05, 3.63) is 0 Å². The number of nitrogens with two attached hydrogens (primary N) is 1. The minimum Gasteiger partial charge on any atom is -0.466 e. The van der Waals surface area contributed by atoms with E-state index in [0.29, 0.717) is 6.61 Å². The number of esters is 1. The fraction of sp³-hybridized carbons (Fsp3) is 0.895. The highest BCUT2D eigenvalue weighted by Gasteiger charge is 2.38. The Morgan fingerprint density at radius 2 is 1.67 bits per heavy atom. The third-order valence-electron chi connectivity index (χ3n) is 4.74. The van der Waals surface area contributed by atoms with Crippen LogP contribution in [0.4, 0.5) is 4.79 Å². The number of rotatable bonds is 9. The van der Waals surface area contributed by atoms with Crippen LogP contribution in [-0.2, 0) is 18.7 Å². The second-order valence-electron chi connectivity index (χ2n) is 9.33. The summed E-state index contributed by atoms with van der Waals surface area (Å²) in [6.07, 6.45) is -0.431. The van der Waals surface area contributed by atoms with E-state index in [1.165, 1.54) is 0 Å². The van der Waals surface area contributed by atoms with Crippen LogP contribution in [-0.4, -0.2) is 51.8 Å². The van der Waals surface area contributed by atoms with Crippen molar-refractivity contribution in [1.82, 2.24) is 5.32 Å². The predicted molar refractivity (Wildman–Crippen MR) is 110 cm³/mol. The van der Waals surface area contributed by atoms with Gasteiger partial charge in [0.25, 0.3) is 0 Å². The molecular weight excluding hydrogens is 364 g/mol. The Morgan fingerprint density at radius 3 is 2.07 bits per heavy atom. The molecule has 0 fully saturated rings. The standard InChI is InChI=1S/C19H40N2O5Si/c1-10-24-16(22)11-14(12-20)15(21-17(23)26-18(2,3)4)13-25-27(8,9)19(5,6)7/h14-15H,10-13,20H2,1-9H3,(H,21,23)/t14-,15?/m0/s1. The molecule has 3 N–H and O–H groups in total. The van der Waals surface area contributed by atoms with Crippen molar-refractivity contribution < 1.29 is 23.5 Å². The zero-order valence-corrected chi connectivity index (χ0v) is 19.6. The molecule has 0 aromatic rings. The average molecular weight is 405 g/mol. The van der Waals surface area contributed by atoms with Crippen molar-refractivity contribution in [1.29, 1.82) is 0 Å². The summed E-state index contributed by atoms with van der Waals surface area (Å²) in [5.41, 5.74) is 5.29. The van der Waals surface area contributed by atoms with Crippen LogP contribution in [0.3, 0.4) is 0 Å². The van der Waals surface area contributed by atoms with Crippen molar-refractivity contribution >= 4 is 20.4 Å². The third-order valence-corrected chi connectivity index (χ3v) is 9.24. The summed E-state index contributed by atoms with van der Waals surface area (Å²) < 4.78 is 16.7. The maximum absolute atomic E-state index is 12.3. The van der Waals surface area contributed by atoms with E-state index in [4.69, 9.17) is 19.6 Å². The van der Waals surface area contributed by atoms with Crippen molar-refractivity contribution in [2.45, 2.75) is 84.7 Å². The SMILES string of the molecule is CCOC(=O)C[C@@H](CN)C(CO[Si](C)(C)C(C)(C)C)NC(=O)OC(C)(C)C. The molecule has 27 heavy (non-hydrogen) atoms. The van der Waals surface area contributed by atoms with Gasteiger partial charge in [0.2, 0.25) is 0 Å². The van der Waals surface area contributed by atoms with Gasteiger partial charge in [0.05, 0.1) is 25.7 Å². The molecule has 0 aromatic heterocycles. The van der Waals surface area contributed by atoms with Crippen molar-refractivity contribution in [3.8, 4) is 0 Å². The number of ether oxygens (including phenoxy) is 2. The van der Waals surface area contributed by atoms with Gasteiger partial charge in [0, 0.05) is 5.92 Å². The molecule has 0 bridgehead atoms. The highest BCUT2D eigenvalue weighted by molar-refractivity contribution is 6.74. The summed E-state index contributed by atoms with van der Waals surface area (Å²) in [6.45, 7) is 18.7. The summed E-state index contributed by atoms with van der Waals surface area (Å²) >= 11 is 0. The number of hydrogen-bond donors (Lipinski definition) is 2. The van der Waals surface area contributed by atoms with Crippen LogP contribution in [0.25, 0.3) is 0 Å². The molecule has 0 saturated carbocycles. The molecule has 0 aliphatic rings. The van der Waals surface area contributed by atoms with Crippen molar-refractivity contribution in [3.63, 3.8) is 0 Å². The fourth-order valence-corrected chi connectivity index (χ4v) is 3.12. The van der Waals surface area contributed by atoms with Crippen LogP contribution in [0.2, 0.25) is 18.1 Å². The molecule has 0 aliphatic carbocycles. The Morgan fingerprint density at radius 1 is 1.11 bits per heavy atom. The second kappa shape index (κ2) is 10.4. The number of hydrogen-bond acceptors (Lipinski definition) is 6. The molecule has 8 heteroatoms. The molecule has 7 nitrogen and oxygen atoms in total. The number of carbonyl (C=O) groups is 2. The van der Waals surface area contributed by atoms with E-state index in [2.05, 4.69) is 39.2 Å². The van der Waals surface area contributed by atoms with Gasteiger partial charge in [-0.1, -0.05) is 20.8 Å². The molecule has 0 aliphatic heterocycles. The first-order valence-electron chi connectivity index (χ1n) is 9.62. The average Bonchev–Trinajstić information content (AvgIpc) is 2.46. The first-order valence-corrected chi connectivity index (χ1v) is 12.5. The molecule has 1 amide bonds. The van der Waals surface area contributed by atoms with Gasteiger partial charge >= 0.3 is 12.1 Å². The van der Waals surface area contributed by atoms with Crippen LogP contribution in [0.5, 0.6) is 0 Å². The molecular formula is C19H40N2O5Si.